The Morgan fingerprint density at radius 1 is 1.29 bits per heavy atom. The Morgan fingerprint density at radius 2 is 2.00 bits per heavy atom. The lowest BCUT2D eigenvalue weighted by molar-refractivity contribution is -0.384. The molecule has 0 aromatic heterocycles. The van der Waals surface area contributed by atoms with Crippen molar-refractivity contribution < 1.29 is 14.1 Å². The van der Waals surface area contributed by atoms with E-state index < -0.39 is 10.7 Å². The largest absolute Gasteiger partial charge is 0.453 e. The van der Waals surface area contributed by atoms with Crippen LogP contribution in [0.15, 0.2) is 40.9 Å². The number of non-ortho nitro benzene ring substituents is 1. The molecule has 0 heterocycles. The average molecular weight is 355 g/mol. The van der Waals surface area contributed by atoms with Crippen LogP contribution in [0.25, 0.3) is 0 Å². The van der Waals surface area contributed by atoms with E-state index in [1.54, 1.807) is 13.0 Å². The molecule has 0 aliphatic rings. The van der Waals surface area contributed by atoms with Crippen molar-refractivity contribution in [2.24, 2.45) is 5.73 Å². The van der Waals surface area contributed by atoms with Gasteiger partial charge >= 0.3 is 0 Å². The van der Waals surface area contributed by atoms with Gasteiger partial charge in [-0.1, -0.05) is 6.07 Å². The molecule has 0 fully saturated rings. The number of hydrogen-bond acceptors (Lipinski definition) is 4. The summed E-state index contributed by atoms with van der Waals surface area (Å²) in [7, 11) is 0. The van der Waals surface area contributed by atoms with Gasteiger partial charge in [0.1, 0.15) is 5.75 Å². The second kappa shape index (κ2) is 6.19. The van der Waals surface area contributed by atoms with Crippen molar-refractivity contribution in [2.45, 2.75) is 13.0 Å². The Morgan fingerprint density at radius 3 is 2.57 bits per heavy atom. The van der Waals surface area contributed by atoms with Crippen molar-refractivity contribution in [1.82, 2.24) is 0 Å². The molecule has 1 unspecified atom stereocenters. The molecule has 0 amide bonds. The van der Waals surface area contributed by atoms with Gasteiger partial charge in [-0.2, -0.15) is 0 Å². The van der Waals surface area contributed by atoms with Crippen molar-refractivity contribution in [3.05, 3.63) is 62.4 Å². The van der Waals surface area contributed by atoms with Crippen LogP contribution >= 0.6 is 15.9 Å². The first-order chi connectivity index (χ1) is 9.88. The number of nitrogens with two attached hydrogens (primary N) is 1. The first kappa shape index (κ1) is 15.4. The van der Waals surface area contributed by atoms with Gasteiger partial charge in [0.25, 0.3) is 5.69 Å². The first-order valence-corrected chi connectivity index (χ1v) is 6.84. The molecule has 1 atom stereocenters. The number of nitrogens with zero attached hydrogens (tertiary/aromatic N) is 1. The highest BCUT2D eigenvalue weighted by atomic mass is 79.9. The zero-order valence-corrected chi connectivity index (χ0v) is 12.6. The summed E-state index contributed by atoms with van der Waals surface area (Å²) in [6.07, 6.45) is 0. The summed E-state index contributed by atoms with van der Waals surface area (Å²) in [5.74, 6) is -0.444. The molecule has 2 N–H and O–H groups in total. The Kier molecular flexibility index (Phi) is 4.54. The number of hydrogen-bond donors (Lipinski definition) is 1. The molecular weight excluding hydrogens is 343 g/mol. The summed E-state index contributed by atoms with van der Waals surface area (Å²) in [4.78, 5) is 10.2. The monoisotopic (exact) mass is 354 g/mol. The molecule has 0 aliphatic carbocycles. The molecule has 0 saturated heterocycles. The second-order valence-corrected chi connectivity index (χ2v) is 5.31. The van der Waals surface area contributed by atoms with E-state index in [2.05, 4.69) is 15.9 Å². The van der Waals surface area contributed by atoms with Crippen LogP contribution < -0.4 is 10.5 Å². The fraction of sp³-hybridized carbons (Fsp3) is 0.143. The highest BCUT2D eigenvalue weighted by Crippen LogP contribution is 2.34. The van der Waals surface area contributed by atoms with Gasteiger partial charge in [-0.05, 0) is 46.6 Å². The van der Waals surface area contributed by atoms with Crippen LogP contribution in [-0.2, 0) is 0 Å². The lowest BCUT2D eigenvalue weighted by atomic mass is 10.1. The molecule has 7 heteroatoms. The van der Waals surface area contributed by atoms with Crippen molar-refractivity contribution in [3.8, 4) is 11.5 Å². The highest BCUT2D eigenvalue weighted by Gasteiger charge is 2.14. The Labute approximate surface area is 128 Å². The van der Waals surface area contributed by atoms with E-state index in [4.69, 9.17) is 10.5 Å². The van der Waals surface area contributed by atoms with Crippen LogP contribution in [0.2, 0.25) is 0 Å². The Balaban J connectivity index is 2.34. The standard InChI is InChI=1S/C14H12BrFN2O3/c1-8(17)9-2-5-13(12(16)6-9)21-14-7-10(18(19)20)3-4-11(14)15/h2-8H,17H2,1H3. The van der Waals surface area contributed by atoms with E-state index in [0.29, 0.717) is 10.0 Å². The van der Waals surface area contributed by atoms with Gasteiger partial charge in [0.15, 0.2) is 11.6 Å². The van der Waals surface area contributed by atoms with Gasteiger partial charge in [0.2, 0.25) is 0 Å². The number of rotatable bonds is 4. The molecule has 2 aromatic carbocycles. The maximum atomic E-state index is 14.0. The summed E-state index contributed by atoms with van der Waals surface area (Å²) < 4.78 is 19.8. The Bertz CT molecular complexity index is 692. The zero-order chi connectivity index (χ0) is 15.6. The molecule has 0 saturated carbocycles. The number of halogens is 2. The van der Waals surface area contributed by atoms with E-state index in [1.165, 1.54) is 30.3 Å². The van der Waals surface area contributed by atoms with E-state index in [-0.39, 0.29) is 23.2 Å². The fourth-order valence-corrected chi connectivity index (χ4v) is 2.01. The van der Waals surface area contributed by atoms with E-state index in [0.717, 1.165) is 0 Å². The van der Waals surface area contributed by atoms with Crippen molar-refractivity contribution >= 4 is 21.6 Å². The van der Waals surface area contributed by atoms with Gasteiger partial charge in [-0.25, -0.2) is 4.39 Å². The summed E-state index contributed by atoms with van der Waals surface area (Å²) >= 11 is 3.21. The minimum absolute atomic E-state index is 0.0272. The molecule has 2 rings (SSSR count). The SMILES string of the molecule is CC(N)c1ccc(Oc2cc([N+](=O)[O-])ccc2Br)c(F)c1. The quantitative estimate of drug-likeness (QED) is 0.655. The summed E-state index contributed by atoms with van der Waals surface area (Å²) in [5, 5.41) is 10.8. The molecule has 2 aromatic rings. The van der Waals surface area contributed by atoms with Crippen LogP contribution in [0.1, 0.15) is 18.5 Å². The third-order valence-electron chi connectivity index (χ3n) is 2.83. The van der Waals surface area contributed by atoms with Gasteiger partial charge in [0.05, 0.1) is 15.5 Å². The van der Waals surface area contributed by atoms with Crippen molar-refractivity contribution in [1.29, 1.82) is 0 Å². The third kappa shape index (κ3) is 3.56. The molecular formula is C14H12BrFN2O3. The van der Waals surface area contributed by atoms with Gasteiger partial charge in [-0.3, -0.25) is 10.1 Å². The molecule has 21 heavy (non-hydrogen) atoms. The minimum Gasteiger partial charge on any atom is -0.453 e. The lowest BCUT2D eigenvalue weighted by Crippen LogP contribution is -2.05. The third-order valence-corrected chi connectivity index (χ3v) is 3.48. The van der Waals surface area contributed by atoms with Crippen LogP contribution in [0.4, 0.5) is 10.1 Å². The number of ether oxygens (including phenoxy) is 1. The molecule has 0 radical (unpaired) electrons. The maximum Gasteiger partial charge on any atom is 0.273 e. The lowest BCUT2D eigenvalue weighted by Gasteiger charge is -2.11. The smallest absolute Gasteiger partial charge is 0.273 e. The van der Waals surface area contributed by atoms with Gasteiger partial charge in [-0.15, -0.1) is 0 Å². The Hall–Kier alpha value is -1.99. The van der Waals surface area contributed by atoms with Crippen LogP contribution in [-0.4, -0.2) is 4.92 Å². The van der Waals surface area contributed by atoms with E-state index in [9.17, 15) is 14.5 Å². The zero-order valence-electron chi connectivity index (χ0n) is 11.0. The molecule has 110 valence electrons. The molecule has 0 aliphatic heterocycles. The number of benzene rings is 2. The maximum absolute atomic E-state index is 14.0. The van der Waals surface area contributed by atoms with Crippen LogP contribution in [0, 0.1) is 15.9 Å². The van der Waals surface area contributed by atoms with Gasteiger partial charge in [0, 0.05) is 12.1 Å². The fourth-order valence-electron chi connectivity index (χ4n) is 1.69. The topological polar surface area (TPSA) is 78.4 Å². The van der Waals surface area contributed by atoms with E-state index >= 15 is 0 Å². The molecule has 0 spiro atoms. The van der Waals surface area contributed by atoms with Crippen LogP contribution in [0.5, 0.6) is 11.5 Å². The number of nitro groups is 1. The number of nitro benzene ring substituents is 1. The normalized spacial score (nSPS) is 12.0. The van der Waals surface area contributed by atoms with E-state index in [1.807, 2.05) is 0 Å². The highest BCUT2D eigenvalue weighted by molar-refractivity contribution is 9.10. The molecule has 5 nitrogen and oxygen atoms in total. The second-order valence-electron chi connectivity index (χ2n) is 4.45. The average Bonchev–Trinajstić information content (AvgIpc) is 2.42. The van der Waals surface area contributed by atoms with Crippen molar-refractivity contribution in [2.75, 3.05) is 0 Å². The molecule has 0 bridgehead atoms. The minimum atomic E-state index is -0.580. The predicted molar refractivity (Wildman–Crippen MR) is 79.9 cm³/mol. The van der Waals surface area contributed by atoms with Crippen LogP contribution in [0.3, 0.4) is 0 Å². The summed E-state index contributed by atoms with van der Waals surface area (Å²) in [5.41, 5.74) is 6.17. The predicted octanol–water partition coefficient (Wildman–Crippen LogP) is 4.31. The summed E-state index contributed by atoms with van der Waals surface area (Å²) in [6, 6.07) is 8.11. The summed E-state index contributed by atoms with van der Waals surface area (Å²) in [6.45, 7) is 1.74. The van der Waals surface area contributed by atoms with Crippen molar-refractivity contribution in [3.63, 3.8) is 0 Å². The van der Waals surface area contributed by atoms with Gasteiger partial charge < -0.3 is 10.5 Å². The first-order valence-electron chi connectivity index (χ1n) is 6.05.